The Labute approximate surface area is 141 Å². The molecule has 2 N–H and O–H groups in total. The number of ether oxygens (including phenoxy) is 2. The van der Waals surface area contributed by atoms with Crippen LogP contribution in [0.15, 0.2) is 17.7 Å². The molecule has 0 aliphatic rings. The van der Waals surface area contributed by atoms with Gasteiger partial charge < -0.3 is 19.7 Å². The maximum absolute atomic E-state index is 11.9. The van der Waals surface area contributed by atoms with Crippen LogP contribution in [-0.4, -0.2) is 36.2 Å². The second-order valence-electron chi connectivity index (χ2n) is 5.88. The van der Waals surface area contributed by atoms with Gasteiger partial charge in [0.05, 0.1) is 14.2 Å². The maximum Gasteiger partial charge on any atom is 0.339 e. The molecule has 0 radical (unpaired) electrons. The molecule has 132 valence electrons. The molecule has 1 aromatic rings. The number of carboxylic acids is 1. The summed E-state index contributed by atoms with van der Waals surface area (Å²) in [6.07, 6.45) is 1.13. The number of hydrogen-bond acceptors (Lipinski definition) is 5. The second kappa shape index (κ2) is 8.38. The first-order valence-electron chi connectivity index (χ1n) is 7.65. The Balaban J connectivity index is 3.63. The summed E-state index contributed by atoms with van der Waals surface area (Å²) in [4.78, 5) is 23.5. The van der Waals surface area contributed by atoms with Crippen molar-refractivity contribution in [2.24, 2.45) is 5.92 Å². The molecule has 0 saturated carbocycles. The zero-order chi connectivity index (χ0) is 18.4. The maximum atomic E-state index is 11.9. The van der Waals surface area contributed by atoms with Gasteiger partial charge in [-0.3, -0.25) is 4.79 Å². The van der Waals surface area contributed by atoms with E-state index in [0.29, 0.717) is 29.9 Å². The topological polar surface area (TPSA) is 93.1 Å². The molecule has 0 atom stereocenters. The fourth-order valence-electron chi connectivity index (χ4n) is 2.41. The Hall–Kier alpha value is -2.50. The van der Waals surface area contributed by atoms with E-state index < -0.39 is 11.8 Å². The number of aliphatic carboxylic acids is 1. The van der Waals surface area contributed by atoms with Gasteiger partial charge in [-0.1, -0.05) is 13.8 Å². The molecule has 6 nitrogen and oxygen atoms in total. The number of benzene rings is 1. The highest BCUT2D eigenvalue weighted by Crippen LogP contribution is 2.40. The molecule has 0 heterocycles. The standard InChI is InChI=1S/C18H24O6/c1-10(2)6-7-13(16(11(3)19)18(21)22)12-8-14(23-4)17(20)15(9-12)24-5/h8-10,20H,6-7H2,1-5H3,(H,21,22). The van der Waals surface area contributed by atoms with Gasteiger partial charge in [-0.25, -0.2) is 4.79 Å². The molecular weight excluding hydrogens is 312 g/mol. The van der Waals surface area contributed by atoms with Crippen molar-refractivity contribution in [3.05, 3.63) is 23.3 Å². The molecule has 0 spiro atoms. The molecule has 0 aromatic heterocycles. The van der Waals surface area contributed by atoms with Crippen LogP contribution in [0, 0.1) is 5.92 Å². The highest BCUT2D eigenvalue weighted by molar-refractivity contribution is 6.21. The van der Waals surface area contributed by atoms with Crippen LogP contribution in [-0.2, 0) is 9.59 Å². The number of ketones is 1. The Morgan fingerprint density at radius 1 is 1.12 bits per heavy atom. The number of hydrogen-bond donors (Lipinski definition) is 2. The summed E-state index contributed by atoms with van der Waals surface area (Å²) in [5.41, 5.74) is 0.625. The van der Waals surface area contributed by atoms with Gasteiger partial charge >= 0.3 is 5.97 Å². The van der Waals surface area contributed by atoms with Gasteiger partial charge in [0, 0.05) is 0 Å². The third kappa shape index (κ3) is 4.50. The summed E-state index contributed by atoms with van der Waals surface area (Å²) in [7, 11) is 2.78. The van der Waals surface area contributed by atoms with E-state index in [-0.39, 0.29) is 22.8 Å². The van der Waals surface area contributed by atoms with E-state index in [0.717, 1.165) is 0 Å². The number of carbonyl (C=O) groups excluding carboxylic acids is 1. The van der Waals surface area contributed by atoms with Crippen molar-refractivity contribution in [3.8, 4) is 17.2 Å². The molecule has 0 unspecified atom stereocenters. The summed E-state index contributed by atoms with van der Waals surface area (Å²) in [5, 5.41) is 19.5. The number of carbonyl (C=O) groups is 2. The molecule has 0 aliphatic carbocycles. The first-order valence-corrected chi connectivity index (χ1v) is 7.65. The molecule has 0 bridgehead atoms. The Kier molecular flexibility index (Phi) is 6.82. The van der Waals surface area contributed by atoms with E-state index in [1.165, 1.54) is 33.3 Å². The van der Waals surface area contributed by atoms with Crippen molar-refractivity contribution in [2.75, 3.05) is 14.2 Å². The average molecular weight is 336 g/mol. The fraction of sp³-hybridized carbons (Fsp3) is 0.444. The van der Waals surface area contributed by atoms with Crippen molar-refractivity contribution in [3.63, 3.8) is 0 Å². The van der Waals surface area contributed by atoms with Gasteiger partial charge in [0.2, 0.25) is 5.75 Å². The normalized spacial score (nSPS) is 11.9. The van der Waals surface area contributed by atoms with Gasteiger partial charge in [-0.2, -0.15) is 0 Å². The summed E-state index contributed by atoms with van der Waals surface area (Å²) in [5.74, 6) is -1.33. The number of carboxylic acid groups (broad SMARTS) is 1. The highest BCUT2D eigenvalue weighted by Gasteiger charge is 2.23. The predicted molar refractivity (Wildman–Crippen MR) is 90.5 cm³/mol. The number of phenols is 1. The summed E-state index contributed by atoms with van der Waals surface area (Å²) in [6.45, 7) is 5.27. The van der Waals surface area contributed by atoms with E-state index in [1.54, 1.807) is 0 Å². The van der Waals surface area contributed by atoms with Crippen LogP contribution in [0.4, 0.5) is 0 Å². The van der Waals surface area contributed by atoms with Gasteiger partial charge in [0.15, 0.2) is 17.3 Å². The molecular formula is C18H24O6. The lowest BCUT2D eigenvalue weighted by atomic mass is 9.91. The highest BCUT2D eigenvalue weighted by atomic mass is 16.5. The number of methoxy groups -OCH3 is 2. The first-order chi connectivity index (χ1) is 11.2. The zero-order valence-corrected chi connectivity index (χ0v) is 14.7. The van der Waals surface area contributed by atoms with E-state index in [9.17, 15) is 19.8 Å². The lowest BCUT2D eigenvalue weighted by Crippen LogP contribution is -2.12. The molecule has 6 heteroatoms. The van der Waals surface area contributed by atoms with E-state index in [4.69, 9.17) is 9.47 Å². The molecule has 0 saturated heterocycles. The number of allylic oxidation sites excluding steroid dienone is 1. The SMILES string of the molecule is COc1cc(C(CCC(C)C)=C(C(C)=O)C(=O)O)cc(OC)c1O. The molecule has 1 rings (SSSR count). The fourth-order valence-corrected chi connectivity index (χ4v) is 2.41. The third-order valence-electron chi connectivity index (χ3n) is 3.67. The van der Waals surface area contributed by atoms with Crippen LogP contribution in [0.3, 0.4) is 0 Å². The van der Waals surface area contributed by atoms with Crippen LogP contribution in [0.1, 0.15) is 39.2 Å². The van der Waals surface area contributed by atoms with Gasteiger partial charge in [0.25, 0.3) is 0 Å². The number of phenolic OH excluding ortho intramolecular Hbond substituents is 1. The van der Waals surface area contributed by atoms with Crippen LogP contribution < -0.4 is 9.47 Å². The van der Waals surface area contributed by atoms with Gasteiger partial charge in [-0.15, -0.1) is 0 Å². The Bertz CT molecular complexity index is 616. The predicted octanol–water partition coefficient (Wildman–Crippen LogP) is 3.27. The first kappa shape index (κ1) is 19.5. The van der Waals surface area contributed by atoms with Gasteiger partial charge in [0.1, 0.15) is 5.57 Å². The number of rotatable bonds is 8. The molecule has 24 heavy (non-hydrogen) atoms. The molecule has 0 amide bonds. The second-order valence-corrected chi connectivity index (χ2v) is 5.88. The molecule has 0 aliphatic heterocycles. The van der Waals surface area contributed by atoms with Crippen molar-refractivity contribution in [1.82, 2.24) is 0 Å². The van der Waals surface area contributed by atoms with Gasteiger partial charge in [-0.05, 0) is 49.0 Å². The number of aromatic hydroxyl groups is 1. The minimum absolute atomic E-state index is 0.152. The van der Waals surface area contributed by atoms with E-state index in [2.05, 4.69) is 0 Å². The summed E-state index contributed by atoms with van der Waals surface area (Å²) >= 11 is 0. The van der Waals surface area contributed by atoms with E-state index >= 15 is 0 Å². The monoisotopic (exact) mass is 336 g/mol. The third-order valence-corrected chi connectivity index (χ3v) is 3.67. The Morgan fingerprint density at radius 2 is 1.62 bits per heavy atom. The lowest BCUT2D eigenvalue weighted by Gasteiger charge is -2.16. The van der Waals surface area contributed by atoms with Crippen LogP contribution >= 0.6 is 0 Å². The van der Waals surface area contributed by atoms with Crippen molar-refractivity contribution >= 4 is 17.3 Å². The molecule has 0 fully saturated rings. The smallest absolute Gasteiger partial charge is 0.339 e. The quantitative estimate of drug-likeness (QED) is 0.430. The average Bonchev–Trinajstić information content (AvgIpc) is 2.50. The minimum atomic E-state index is -1.27. The summed E-state index contributed by atoms with van der Waals surface area (Å²) in [6, 6.07) is 3.03. The molecule has 1 aromatic carbocycles. The minimum Gasteiger partial charge on any atom is -0.502 e. The lowest BCUT2D eigenvalue weighted by molar-refractivity contribution is -0.134. The Morgan fingerprint density at radius 3 is 1.96 bits per heavy atom. The van der Waals surface area contributed by atoms with Crippen LogP contribution in [0.2, 0.25) is 0 Å². The largest absolute Gasteiger partial charge is 0.502 e. The van der Waals surface area contributed by atoms with Crippen molar-refractivity contribution in [1.29, 1.82) is 0 Å². The zero-order valence-electron chi connectivity index (χ0n) is 14.7. The number of Topliss-reactive ketones (excluding diaryl/α,β-unsaturated/α-hetero) is 1. The van der Waals surface area contributed by atoms with E-state index in [1.807, 2.05) is 13.8 Å². The van der Waals surface area contributed by atoms with Crippen molar-refractivity contribution in [2.45, 2.75) is 33.6 Å². The van der Waals surface area contributed by atoms with Crippen LogP contribution in [0.5, 0.6) is 17.2 Å². The van der Waals surface area contributed by atoms with Crippen molar-refractivity contribution < 1.29 is 29.3 Å². The van der Waals surface area contributed by atoms with Crippen LogP contribution in [0.25, 0.3) is 5.57 Å². The summed E-state index contributed by atoms with van der Waals surface area (Å²) < 4.78 is 10.2.